The molecule has 1 rings (SSSR count). The van der Waals surface area contributed by atoms with Crippen molar-refractivity contribution < 1.29 is 4.74 Å². The maximum absolute atomic E-state index is 5.50. The highest BCUT2D eigenvalue weighted by Crippen LogP contribution is 2.22. The molecule has 0 aliphatic carbocycles. The predicted octanol–water partition coefficient (Wildman–Crippen LogP) is 2.00. The number of ether oxygens (including phenoxy) is 1. The van der Waals surface area contributed by atoms with Crippen molar-refractivity contribution in [2.24, 2.45) is 0 Å². The van der Waals surface area contributed by atoms with Gasteiger partial charge in [-0.15, -0.1) is 0 Å². The second kappa shape index (κ2) is 4.41. The van der Waals surface area contributed by atoms with Gasteiger partial charge in [0, 0.05) is 0 Å². The first-order valence-electron chi connectivity index (χ1n) is 4.08. The van der Waals surface area contributed by atoms with Crippen molar-refractivity contribution in [3.63, 3.8) is 0 Å². The van der Waals surface area contributed by atoms with E-state index in [1.165, 1.54) is 0 Å². The molecule has 0 saturated carbocycles. The smallest absolute Gasteiger partial charge is 0.233 e. The van der Waals surface area contributed by atoms with Crippen molar-refractivity contribution in [1.29, 1.82) is 0 Å². The lowest BCUT2D eigenvalue weighted by Gasteiger charge is -2.12. The number of nitrogens with two attached hydrogens (primary N) is 1. The van der Waals surface area contributed by atoms with Crippen LogP contribution in [0.5, 0.6) is 5.88 Å². The maximum atomic E-state index is 5.50. The summed E-state index contributed by atoms with van der Waals surface area (Å²) in [6.07, 6.45) is 2.64. The van der Waals surface area contributed by atoms with E-state index in [1.54, 1.807) is 6.20 Å². The van der Waals surface area contributed by atoms with E-state index >= 15 is 0 Å². The fourth-order valence-electron chi connectivity index (χ4n) is 0.721. The lowest BCUT2D eigenvalue weighted by Crippen LogP contribution is -2.12. The largest absolute Gasteiger partial charge is 0.474 e. The molecule has 0 aliphatic rings. The minimum atomic E-state index is 0.130. The Hall–Kier alpha value is -0.840. The van der Waals surface area contributed by atoms with Gasteiger partial charge in [-0.25, -0.2) is 4.98 Å². The highest BCUT2D eigenvalue weighted by molar-refractivity contribution is 9.10. The molecular weight excluding hydrogens is 234 g/mol. The summed E-state index contributed by atoms with van der Waals surface area (Å²) in [6.45, 7) is 4.02. The Labute approximate surface area is 85.7 Å². The van der Waals surface area contributed by atoms with Crippen molar-refractivity contribution in [1.82, 2.24) is 9.97 Å². The minimum absolute atomic E-state index is 0.130. The molecular formula is C8H12BrN3O. The van der Waals surface area contributed by atoms with Crippen LogP contribution in [0.3, 0.4) is 0 Å². The zero-order chi connectivity index (χ0) is 9.84. The van der Waals surface area contributed by atoms with E-state index in [0.29, 0.717) is 5.88 Å². The Balaban J connectivity index is 2.81. The molecule has 1 unspecified atom stereocenters. The van der Waals surface area contributed by atoms with Crippen LogP contribution in [0.25, 0.3) is 0 Å². The Bertz CT molecular complexity index is 293. The van der Waals surface area contributed by atoms with Crippen molar-refractivity contribution in [3.8, 4) is 5.88 Å². The number of hydrogen-bond acceptors (Lipinski definition) is 4. The van der Waals surface area contributed by atoms with Crippen LogP contribution < -0.4 is 10.5 Å². The Morgan fingerprint density at radius 1 is 1.69 bits per heavy atom. The molecule has 0 aromatic carbocycles. The number of aromatic nitrogens is 2. The van der Waals surface area contributed by atoms with Crippen LogP contribution in [0.15, 0.2) is 10.7 Å². The third kappa shape index (κ3) is 2.84. The van der Waals surface area contributed by atoms with E-state index in [1.807, 2.05) is 13.8 Å². The number of rotatable bonds is 3. The minimum Gasteiger partial charge on any atom is -0.474 e. The molecule has 0 radical (unpaired) electrons. The van der Waals surface area contributed by atoms with Crippen LogP contribution in [0.4, 0.5) is 5.95 Å². The average molecular weight is 246 g/mol. The summed E-state index contributed by atoms with van der Waals surface area (Å²) in [5.41, 5.74) is 5.42. The standard InChI is InChI=1S/C8H12BrN3O/c1-3-5(2)13-7-6(9)4-11-8(10)12-7/h4-5H,3H2,1-2H3,(H2,10,11,12). The molecule has 2 N–H and O–H groups in total. The molecule has 1 atom stereocenters. The third-order valence-electron chi connectivity index (χ3n) is 1.62. The molecule has 13 heavy (non-hydrogen) atoms. The molecule has 1 aromatic rings. The molecule has 0 saturated heterocycles. The van der Waals surface area contributed by atoms with Crippen LogP contribution in [0.1, 0.15) is 20.3 Å². The van der Waals surface area contributed by atoms with Gasteiger partial charge in [-0.3, -0.25) is 0 Å². The van der Waals surface area contributed by atoms with Gasteiger partial charge in [-0.05, 0) is 29.3 Å². The Morgan fingerprint density at radius 2 is 2.38 bits per heavy atom. The van der Waals surface area contributed by atoms with Gasteiger partial charge in [-0.2, -0.15) is 4.98 Å². The maximum Gasteiger partial charge on any atom is 0.233 e. The van der Waals surface area contributed by atoms with Gasteiger partial charge in [0.1, 0.15) is 0 Å². The summed E-state index contributed by atoms with van der Waals surface area (Å²) in [4.78, 5) is 7.77. The molecule has 1 heterocycles. The van der Waals surface area contributed by atoms with Gasteiger partial charge in [0.15, 0.2) is 0 Å². The van der Waals surface area contributed by atoms with E-state index in [9.17, 15) is 0 Å². The normalized spacial score (nSPS) is 12.5. The van der Waals surface area contributed by atoms with Gasteiger partial charge in [0.2, 0.25) is 11.8 Å². The zero-order valence-corrected chi connectivity index (χ0v) is 9.21. The van der Waals surface area contributed by atoms with E-state index in [4.69, 9.17) is 10.5 Å². The average Bonchev–Trinajstić information content (AvgIpc) is 2.11. The molecule has 4 nitrogen and oxygen atoms in total. The van der Waals surface area contributed by atoms with Gasteiger partial charge in [-0.1, -0.05) is 6.92 Å². The fraction of sp³-hybridized carbons (Fsp3) is 0.500. The highest BCUT2D eigenvalue weighted by Gasteiger charge is 2.07. The summed E-state index contributed by atoms with van der Waals surface area (Å²) in [5, 5.41) is 0. The monoisotopic (exact) mass is 245 g/mol. The Kier molecular flexibility index (Phi) is 3.48. The molecule has 0 aliphatic heterocycles. The van der Waals surface area contributed by atoms with E-state index in [-0.39, 0.29) is 12.1 Å². The van der Waals surface area contributed by atoms with Crippen LogP contribution in [0.2, 0.25) is 0 Å². The molecule has 0 bridgehead atoms. The molecule has 72 valence electrons. The summed E-state index contributed by atoms with van der Waals surface area (Å²) < 4.78 is 6.22. The van der Waals surface area contributed by atoms with Crippen molar-refractivity contribution in [2.75, 3.05) is 5.73 Å². The quantitative estimate of drug-likeness (QED) is 0.885. The van der Waals surface area contributed by atoms with E-state index in [0.717, 1.165) is 10.9 Å². The third-order valence-corrected chi connectivity index (χ3v) is 2.16. The first-order valence-corrected chi connectivity index (χ1v) is 4.87. The Morgan fingerprint density at radius 3 is 3.00 bits per heavy atom. The second-order valence-electron chi connectivity index (χ2n) is 2.72. The molecule has 5 heteroatoms. The lowest BCUT2D eigenvalue weighted by atomic mass is 10.3. The van der Waals surface area contributed by atoms with E-state index in [2.05, 4.69) is 25.9 Å². The highest BCUT2D eigenvalue weighted by atomic mass is 79.9. The van der Waals surface area contributed by atoms with Gasteiger partial charge in [0.25, 0.3) is 0 Å². The van der Waals surface area contributed by atoms with Gasteiger partial charge < -0.3 is 10.5 Å². The summed E-state index contributed by atoms with van der Waals surface area (Å²) in [6, 6.07) is 0. The van der Waals surface area contributed by atoms with Crippen LogP contribution in [0, 0.1) is 0 Å². The molecule has 0 spiro atoms. The molecule has 0 fully saturated rings. The van der Waals surface area contributed by atoms with Crippen molar-refractivity contribution in [2.45, 2.75) is 26.4 Å². The van der Waals surface area contributed by atoms with Crippen LogP contribution >= 0.6 is 15.9 Å². The number of nitrogen functional groups attached to an aromatic ring is 1. The first kappa shape index (κ1) is 10.2. The van der Waals surface area contributed by atoms with Gasteiger partial charge in [0.05, 0.1) is 16.8 Å². The van der Waals surface area contributed by atoms with E-state index < -0.39 is 0 Å². The molecule has 1 aromatic heterocycles. The topological polar surface area (TPSA) is 61.0 Å². The number of hydrogen-bond donors (Lipinski definition) is 1. The van der Waals surface area contributed by atoms with Crippen LogP contribution in [-0.4, -0.2) is 16.1 Å². The van der Waals surface area contributed by atoms with Crippen molar-refractivity contribution >= 4 is 21.9 Å². The van der Waals surface area contributed by atoms with Crippen LogP contribution in [-0.2, 0) is 0 Å². The van der Waals surface area contributed by atoms with Crippen molar-refractivity contribution in [3.05, 3.63) is 10.7 Å². The number of halogens is 1. The zero-order valence-electron chi connectivity index (χ0n) is 7.62. The SMILES string of the molecule is CCC(C)Oc1nc(N)ncc1Br. The lowest BCUT2D eigenvalue weighted by molar-refractivity contribution is 0.207. The predicted molar refractivity (Wildman–Crippen MR) is 54.5 cm³/mol. The second-order valence-corrected chi connectivity index (χ2v) is 3.57. The fourth-order valence-corrected chi connectivity index (χ4v) is 1.01. The van der Waals surface area contributed by atoms with Gasteiger partial charge >= 0.3 is 0 Å². The summed E-state index contributed by atoms with van der Waals surface area (Å²) >= 11 is 3.28. The first-order chi connectivity index (χ1) is 6.13. The number of anilines is 1. The summed E-state index contributed by atoms with van der Waals surface area (Å²) in [5.74, 6) is 0.725. The molecule has 0 amide bonds. The summed E-state index contributed by atoms with van der Waals surface area (Å²) in [7, 11) is 0. The number of nitrogens with zero attached hydrogens (tertiary/aromatic N) is 2.